The molecule has 0 saturated carbocycles. The number of nitrogens with one attached hydrogen (secondary N) is 1. The van der Waals surface area contributed by atoms with E-state index in [9.17, 15) is 22.8 Å². The van der Waals surface area contributed by atoms with Gasteiger partial charge in [-0.05, 0) is 49.4 Å². The van der Waals surface area contributed by atoms with Gasteiger partial charge in [0.1, 0.15) is 0 Å². The van der Waals surface area contributed by atoms with Gasteiger partial charge in [0.25, 0.3) is 5.91 Å². The minimum atomic E-state index is -4.47. The molecule has 0 unspecified atom stereocenters. The molecule has 8 heteroatoms. The molecule has 1 amide bonds. The second-order valence-corrected chi connectivity index (χ2v) is 5.30. The van der Waals surface area contributed by atoms with Crippen molar-refractivity contribution in [1.82, 2.24) is 0 Å². The van der Waals surface area contributed by atoms with Crippen molar-refractivity contribution in [1.29, 1.82) is 5.26 Å². The zero-order valence-corrected chi connectivity index (χ0v) is 13.5. The Balaban J connectivity index is 1.99. The molecule has 0 aliphatic carbocycles. The molecule has 0 spiro atoms. The molecule has 2 rings (SSSR count). The minimum Gasteiger partial charge on any atom is -0.449 e. The zero-order valence-electron chi connectivity index (χ0n) is 13.5. The summed E-state index contributed by atoms with van der Waals surface area (Å²) in [7, 11) is 0. The van der Waals surface area contributed by atoms with E-state index in [-0.39, 0.29) is 16.8 Å². The Kier molecular flexibility index (Phi) is 5.62. The third-order valence-corrected chi connectivity index (χ3v) is 3.36. The monoisotopic (exact) mass is 362 g/mol. The molecule has 2 aromatic rings. The molecule has 5 nitrogen and oxygen atoms in total. The summed E-state index contributed by atoms with van der Waals surface area (Å²) < 4.78 is 42.5. The standard InChI is InChI=1S/C18H13F3N2O3/c1-11(26-17(25)13-4-2-3-12(9-13)10-22)16(24)23-15-7-5-14(6-8-15)18(19,20)21/h2-9,11H,1H3,(H,23,24)/t11-/m1/s1. The van der Waals surface area contributed by atoms with Crippen molar-refractivity contribution in [2.45, 2.75) is 19.2 Å². The second kappa shape index (κ2) is 7.70. The molecule has 1 atom stereocenters. The van der Waals surface area contributed by atoms with Gasteiger partial charge in [0.2, 0.25) is 0 Å². The number of nitriles is 1. The molecule has 0 aliphatic rings. The number of ether oxygens (including phenoxy) is 1. The van der Waals surface area contributed by atoms with E-state index < -0.39 is 29.7 Å². The number of halogens is 3. The third kappa shape index (κ3) is 4.83. The molecule has 0 heterocycles. The van der Waals surface area contributed by atoms with Gasteiger partial charge >= 0.3 is 12.1 Å². The first-order valence-corrected chi connectivity index (χ1v) is 7.40. The normalized spacial score (nSPS) is 12.0. The second-order valence-electron chi connectivity index (χ2n) is 5.30. The number of alkyl halides is 3. The molecular formula is C18H13F3N2O3. The molecule has 0 bridgehead atoms. The summed E-state index contributed by atoms with van der Waals surface area (Å²) in [4.78, 5) is 24.0. The summed E-state index contributed by atoms with van der Waals surface area (Å²) in [6.45, 7) is 1.32. The van der Waals surface area contributed by atoms with Gasteiger partial charge < -0.3 is 10.1 Å². The Bertz CT molecular complexity index is 855. The first-order valence-electron chi connectivity index (χ1n) is 7.40. The van der Waals surface area contributed by atoms with Crippen LogP contribution < -0.4 is 5.32 Å². The number of amides is 1. The van der Waals surface area contributed by atoms with Crippen molar-refractivity contribution < 1.29 is 27.5 Å². The number of esters is 1. The highest BCUT2D eigenvalue weighted by Crippen LogP contribution is 2.29. The van der Waals surface area contributed by atoms with Crippen LogP contribution in [0.15, 0.2) is 48.5 Å². The van der Waals surface area contributed by atoms with Crippen LogP contribution in [0.3, 0.4) is 0 Å². The highest BCUT2D eigenvalue weighted by atomic mass is 19.4. The predicted octanol–water partition coefficient (Wildman–Crippen LogP) is 3.76. The molecule has 0 radical (unpaired) electrons. The van der Waals surface area contributed by atoms with E-state index in [0.717, 1.165) is 24.3 Å². The fraction of sp³-hybridized carbons (Fsp3) is 0.167. The molecule has 0 aromatic heterocycles. The van der Waals surface area contributed by atoms with Gasteiger partial charge in [-0.25, -0.2) is 4.79 Å². The van der Waals surface area contributed by atoms with Crippen LogP contribution in [0, 0.1) is 11.3 Å². The summed E-state index contributed by atoms with van der Waals surface area (Å²) in [5.41, 5.74) is -0.329. The number of carbonyl (C=O) groups is 2. The van der Waals surface area contributed by atoms with Crippen LogP contribution in [0.4, 0.5) is 18.9 Å². The van der Waals surface area contributed by atoms with Gasteiger partial charge in [0.15, 0.2) is 6.10 Å². The van der Waals surface area contributed by atoms with Crippen LogP contribution in [-0.2, 0) is 15.7 Å². The van der Waals surface area contributed by atoms with Crippen LogP contribution in [0.1, 0.15) is 28.4 Å². The Labute approximate surface area is 147 Å². The largest absolute Gasteiger partial charge is 0.449 e. The molecule has 2 aromatic carbocycles. The highest BCUT2D eigenvalue weighted by molar-refractivity contribution is 5.97. The molecule has 0 aliphatic heterocycles. The fourth-order valence-corrected chi connectivity index (χ4v) is 1.98. The maximum Gasteiger partial charge on any atom is 0.416 e. The van der Waals surface area contributed by atoms with E-state index in [1.165, 1.54) is 31.2 Å². The van der Waals surface area contributed by atoms with Gasteiger partial charge in [-0.3, -0.25) is 4.79 Å². The maximum absolute atomic E-state index is 12.5. The van der Waals surface area contributed by atoms with E-state index in [1.54, 1.807) is 0 Å². The van der Waals surface area contributed by atoms with Crippen LogP contribution in [0.2, 0.25) is 0 Å². The van der Waals surface area contributed by atoms with Crippen LogP contribution >= 0.6 is 0 Å². The Hall–Kier alpha value is -3.34. The summed E-state index contributed by atoms with van der Waals surface area (Å²) >= 11 is 0. The summed E-state index contributed by atoms with van der Waals surface area (Å²) in [6, 6.07) is 11.5. The number of hydrogen-bond donors (Lipinski definition) is 1. The van der Waals surface area contributed by atoms with Crippen molar-refractivity contribution in [2.24, 2.45) is 0 Å². The number of carbonyl (C=O) groups excluding carboxylic acids is 2. The Morgan fingerprint density at radius 1 is 1.15 bits per heavy atom. The van der Waals surface area contributed by atoms with Gasteiger partial charge in [0, 0.05) is 5.69 Å². The number of hydrogen-bond acceptors (Lipinski definition) is 4. The Morgan fingerprint density at radius 2 is 1.81 bits per heavy atom. The quantitative estimate of drug-likeness (QED) is 0.840. The third-order valence-electron chi connectivity index (χ3n) is 3.36. The van der Waals surface area contributed by atoms with E-state index in [0.29, 0.717) is 0 Å². The van der Waals surface area contributed by atoms with E-state index >= 15 is 0 Å². The van der Waals surface area contributed by atoms with Crippen LogP contribution in [0.25, 0.3) is 0 Å². The number of rotatable bonds is 4. The number of benzene rings is 2. The van der Waals surface area contributed by atoms with E-state index in [2.05, 4.69) is 5.32 Å². The fourth-order valence-electron chi connectivity index (χ4n) is 1.98. The van der Waals surface area contributed by atoms with Gasteiger partial charge in [0.05, 0.1) is 22.8 Å². The lowest BCUT2D eigenvalue weighted by Crippen LogP contribution is -2.30. The molecule has 0 saturated heterocycles. The lowest BCUT2D eigenvalue weighted by molar-refractivity contribution is -0.137. The maximum atomic E-state index is 12.5. The first-order chi connectivity index (χ1) is 12.2. The van der Waals surface area contributed by atoms with Crippen molar-refractivity contribution in [3.63, 3.8) is 0 Å². The van der Waals surface area contributed by atoms with E-state index in [4.69, 9.17) is 10.00 Å². The summed E-state index contributed by atoms with van der Waals surface area (Å²) in [5.74, 6) is -1.49. The first kappa shape index (κ1) is 19.0. The topological polar surface area (TPSA) is 79.2 Å². The summed E-state index contributed by atoms with van der Waals surface area (Å²) in [6.07, 6.45) is -5.65. The van der Waals surface area contributed by atoms with Gasteiger partial charge in [-0.2, -0.15) is 18.4 Å². The highest BCUT2D eigenvalue weighted by Gasteiger charge is 2.30. The molecule has 1 N–H and O–H groups in total. The smallest absolute Gasteiger partial charge is 0.416 e. The van der Waals surface area contributed by atoms with Crippen molar-refractivity contribution >= 4 is 17.6 Å². The lowest BCUT2D eigenvalue weighted by Gasteiger charge is -2.14. The van der Waals surface area contributed by atoms with E-state index in [1.807, 2.05) is 6.07 Å². The average Bonchev–Trinajstić information content (AvgIpc) is 2.61. The molecular weight excluding hydrogens is 349 g/mol. The summed E-state index contributed by atoms with van der Waals surface area (Å²) in [5, 5.41) is 11.2. The average molecular weight is 362 g/mol. The number of nitrogens with zero attached hydrogens (tertiary/aromatic N) is 1. The predicted molar refractivity (Wildman–Crippen MR) is 86.1 cm³/mol. The van der Waals surface area contributed by atoms with Crippen molar-refractivity contribution in [2.75, 3.05) is 5.32 Å². The molecule has 0 fully saturated rings. The number of anilines is 1. The van der Waals surface area contributed by atoms with Crippen molar-refractivity contribution in [3.8, 4) is 6.07 Å². The van der Waals surface area contributed by atoms with Gasteiger partial charge in [-0.1, -0.05) is 6.07 Å². The SMILES string of the molecule is C[C@@H](OC(=O)c1cccc(C#N)c1)C(=O)Nc1ccc(C(F)(F)F)cc1. The zero-order chi connectivity index (χ0) is 19.3. The molecule has 26 heavy (non-hydrogen) atoms. The van der Waals surface area contributed by atoms with Crippen molar-refractivity contribution in [3.05, 3.63) is 65.2 Å². The molecule has 134 valence electrons. The van der Waals surface area contributed by atoms with Crippen LogP contribution in [-0.4, -0.2) is 18.0 Å². The Morgan fingerprint density at radius 3 is 2.38 bits per heavy atom. The minimum absolute atomic E-state index is 0.109. The van der Waals surface area contributed by atoms with Gasteiger partial charge in [-0.15, -0.1) is 0 Å². The lowest BCUT2D eigenvalue weighted by atomic mass is 10.1. The van der Waals surface area contributed by atoms with Crippen LogP contribution in [0.5, 0.6) is 0 Å².